The van der Waals surface area contributed by atoms with Crippen molar-refractivity contribution in [3.05, 3.63) is 87.7 Å². The molecule has 37 heavy (non-hydrogen) atoms. The molecule has 5 aromatic rings. The number of halogens is 2. The summed E-state index contributed by atoms with van der Waals surface area (Å²) in [7, 11) is 1.92. The van der Waals surface area contributed by atoms with Crippen LogP contribution in [0.2, 0.25) is 10.0 Å². The van der Waals surface area contributed by atoms with Gasteiger partial charge >= 0.3 is 0 Å². The Kier molecular flexibility index (Phi) is 8.31. The van der Waals surface area contributed by atoms with Crippen molar-refractivity contribution >= 4 is 79.9 Å². The molecule has 0 fully saturated rings. The van der Waals surface area contributed by atoms with E-state index in [-0.39, 0.29) is 11.7 Å². The van der Waals surface area contributed by atoms with E-state index in [9.17, 15) is 4.79 Å². The van der Waals surface area contributed by atoms with Crippen LogP contribution in [0.4, 0.5) is 5.13 Å². The molecule has 0 spiro atoms. The predicted molar refractivity (Wildman–Crippen MR) is 153 cm³/mol. The van der Waals surface area contributed by atoms with Crippen molar-refractivity contribution in [3.8, 4) is 0 Å². The Morgan fingerprint density at radius 3 is 2.68 bits per heavy atom. The van der Waals surface area contributed by atoms with Crippen molar-refractivity contribution in [2.24, 2.45) is 7.05 Å². The maximum atomic E-state index is 12.5. The number of nitrogens with one attached hydrogen (secondary N) is 1. The van der Waals surface area contributed by atoms with Gasteiger partial charge in [0.2, 0.25) is 11.0 Å². The molecule has 1 amide bonds. The van der Waals surface area contributed by atoms with Gasteiger partial charge in [-0.1, -0.05) is 107 Å². The number of fused-ring (bicyclic) bond motifs is 1. The van der Waals surface area contributed by atoms with Crippen LogP contribution in [0.25, 0.3) is 10.8 Å². The number of benzene rings is 3. The van der Waals surface area contributed by atoms with Crippen molar-refractivity contribution in [2.45, 2.75) is 21.7 Å². The summed E-state index contributed by atoms with van der Waals surface area (Å²) < 4.78 is 2.68. The highest BCUT2D eigenvalue weighted by molar-refractivity contribution is 8.00. The summed E-state index contributed by atoms with van der Waals surface area (Å²) in [4.78, 5) is 12.5. The third-order valence-corrected chi connectivity index (χ3v) is 9.29. The zero-order valence-electron chi connectivity index (χ0n) is 19.5. The van der Waals surface area contributed by atoms with E-state index in [0.717, 1.165) is 15.7 Å². The van der Waals surface area contributed by atoms with Gasteiger partial charge in [0, 0.05) is 19.2 Å². The third kappa shape index (κ3) is 6.45. The largest absolute Gasteiger partial charge is 0.309 e. The Balaban J connectivity index is 1.14. The lowest BCUT2D eigenvalue weighted by Gasteiger charge is -2.07. The number of amides is 1. The molecule has 0 radical (unpaired) electrons. The third-order valence-electron chi connectivity index (χ3n) is 5.49. The Morgan fingerprint density at radius 2 is 1.81 bits per heavy atom. The first-order valence-electron chi connectivity index (χ1n) is 11.1. The SMILES string of the molecule is Cn1c(Cc2cccc3ccccc23)nnc1SCC(=O)Nc1nnc(SCc2ccc(Cl)c(Cl)c2)s1. The first-order chi connectivity index (χ1) is 18.0. The lowest BCUT2D eigenvalue weighted by molar-refractivity contribution is -0.113. The molecule has 0 aliphatic heterocycles. The van der Waals surface area contributed by atoms with Gasteiger partial charge in [0.15, 0.2) is 9.50 Å². The molecule has 0 saturated carbocycles. The van der Waals surface area contributed by atoms with E-state index in [2.05, 4.69) is 56.0 Å². The highest BCUT2D eigenvalue weighted by atomic mass is 35.5. The smallest absolute Gasteiger partial charge is 0.236 e. The average Bonchev–Trinajstić information content (AvgIpc) is 3.49. The number of nitrogens with zero attached hydrogens (tertiary/aromatic N) is 5. The van der Waals surface area contributed by atoms with Crippen LogP contribution in [0.3, 0.4) is 0 Å². The van der Waals surface area contributed by atoms with Crippen LogP contribution >= 0.6 is 58.1 Å². The summed E-state index contributed by atoms with van der Waals surface area (Å²) in [6.07, 6.45) is 0.658. The fourth-order valence-corrected chi connectivity index (χ4v) is 6.38. The van der Waals surface area contributed by atoms with Crippen LogP contribution in [-0.2, 0) is 24.0 Å². The van der Waals surface area contributed by atoms with Crippen LogP contribution in [0.5, 0.6) is 0 Å². The lowest BCUT2D eigenvalue weighted by atomic mass is 10.0. The van der Waals surface area contributed by atoms with Crippen LogP contribution < -0.4 is 5.32 Å². The molecule has 0 saturated heterocycles. The quantitative estimate of drug-likeness (QED) is 0.151. The molecule has 0 bridgehead atoms. The van der Waals surface area contributed by atoms with Gasteiger partial charge in [-0.2, -0.15) is 0 Å². The van der Waals surface area contributed by atoms with Crippen molar-refractivity contribution in [1.29, 1.82) is 0 Å². The van der Waals surface area contributed by atoms with Crippen molar-refractivity contribution < 1.29 is 4.79 Å². The van der Waals surface area contributed by atoms with E-state index in [1.54, 1.807) is 6.07 Å². The van der Waals surface area contributed by atoms with E-state index in [0.29, 0.717) is 32.5 Å². The maximum absolute atomic E-state index is 12.5. The van der Waals surface area contributed by atoms with Crippen molar-refractivity contribution in [1.82, 2.24) is 25.0 Å². The Hall–Kier alpha value is -2.63. The second kappa shape index (κ2) is 11.8. The number of rotatable bonds is 9. The standard InChI is InChI=1S/C25H20Cl2N6OS3/c1-33-21(12-17-7-4-6-16-5-2-3-8-18(16)17)29-31-24(33)35-14-22(34)28-23-30-32-25(37-23)36-13-15-9-10-19(26)20(27)11-15/h2-11H,12-14H2,1H3,(H,28,30,34). The Labute approximate surface area is 236 Å². The molecule has 5 rings (SSSR count). The van der Waals surface area contributed by atoms with Gasteiger partial charge in [-0.25, -0.2) is 0 Å². The Morgan fingerprint density at radius 1 is 0.973 bits per heavy atom. The van der Waals surface area contributed by atoms with Crippen LogP contribution in [0.15, 0.2) is 70.2 Å². The average molecular weight is 588 g/mol. The maximum Gasteiger partial charge on any atom is 0.236 e. The van der Waals surface area contributed by atoms with E-state index < -0.39 is 0 Å². The summed E-state index contributed by atoms with van der Waals surface area (Å²) in [5.74, 6) is 1.52. The van der Waals surface area contributed by atoms with Gasteiger partial charge in [-0.3, -0.25) is 10.1 Å². The molecule has 12 heteroatoms. The number of carbonyl (C=O) groups excluding carboxylic acids is 1. The zero-order chi connectivity index (χ0) is 25.8. The number of thioether (sulfide) groups is 2. The van der Waals surface area contributed by atoms with E-state index in [1.165, 1.54) is 51.2 Å². The monoisotopic (exact) mass is 586 g/mol. The fraction of sp³-hybridized carbons (Fsp3) is 0.160. The highest BCUT2D eigenvalue weighted by Crippen LogP contribution is 2.31. The molecule has 0 atom stereocenters. The number of aromatic nitrogens is 5. The molecule has 2 aromatic heterocycles. The minimum absolute atomic E-state index is 0.180. The first-order valence-corrected chi connectivity index (χ1v) is 14.7. The normalized spacial score (nSPS) is 11.2. The fourth-order valence-electron chi connectivity index (χ4n) is 3.62. The lowest BCUT2D eigenvalue weighted by Crippen LogP contribution is -2.14. The molecule has 0 unspecified atom stereocenters. The summed E-state index contributed by atoms with van der Waals surface area (Å²) in [5, 5.41) is 24.3. The van der Waals surface area contributed by atoms with Crippen molar-refractivity contribution in [3.63, 3.8) is 0 Å². The highest BCUT2D eigenvalue weighted by Gasteiger charge is 2.15. The molecule has 0 aliphatic rings. The topological polar surface area (TPSA) is 85.6 Å². The molecule has 7 nitrogen and oxygen atoms in total. The minimum atomic E-state index is -0.180. The minimum Gasteiger partial charge on any atom is -0.309 e. The molecule has 1 N–H and O–H groups in total. The Bertz CT molecular complexity index is 1570. The predicted octanol–water partition coefficient (Wildman–Crippen LogP) is 6.74. The van der Waals surface area contributed by atoms with Gasteiger partial charge < -0.3 is 4.57 Å². The first kappa shape index (κ1) is 26.0. The molecule has 3 aromatic carbocycles. The van der Waals surface area contributed by atoms with Gasteiger partial charge in [0.05, 0.1) is 15.8 Å². The summed E-state index contributed by atoms with van der Waals surface area (Å²) in [5.41, 5.74) is 2.21. The van der Waals surface area contributed by atoms with E-state index >= 15 is 0 Å². The molecular formula is C25H20Cl2N6OS3. The number of hydrogen-bond donors (Lipinski definition) is 1. The van der Waals surface area contributed by atoms with Crippen molar-refractivity contribution in [2.75, 3.05) is 11.1 Å². The van der Waals surface area contributed by atoms with Gasteiger partial charge in [-0.05, 0) is 34.0 Å². The van der Waals surface area contributed by atoms with Crippen LogP contribution in [0.1, 0.15) is 17.0 Å². The van der Waals surface area contributed by atoms with Gasteiger partial charge in [0.1, 0.15) is 5.82 Å². The van der Waals surface area contributed by atoms with Crippen LogP contribution in [-0.4, -0.2) is 36.6 Å². The number of anilines is 1. The summed E-state index contributed by atoms with van der Waals surface area (Å²) in [6.45, 7) is 0. The van der Waals surface area contributed by atoms with Gasteiger partial charge in [0.25, 0.3) is 0 Å². The zero-order valence-corrected chi connectivity index (χ0v) is 23.5. The summed E-state index contributed by atoms with van der Waals surface area (Å²) >= 11 is 16.2. The van der Waals surface area contributed by atoms with E-state index in [1.807, 2.05) is 35.9 Å². The summed E-state index contributed by atoms with van der Waals surface area (Å²) in [6, 6.07) is 20.1. The molecular weight excluding hydrogens is 567 g/mol. The second-order valence-corrected chi connectivity index (χ2v) is 12.0. The molecule has 2 heterocycles. The number of carbonyl (C=O) groups is 1. The van der Waals surface area contributed by atoms with Crippen LogP contribution in [0, 0.1) is 0 Å². The molecule has 0 aliphatic carbocycles. The van der Waals surface area contributed by atoms with E-state index in [4.69, 9.17) is 23.2 Å². The van der Waals surface area contributed by atoms with Gasteiger partial charge in [-0.15, -0.1) is 20.4 Å². The molecule has 188 valence electrons. The second-order valence-electron chi connectivity index (χ2n) is 8.02. The number of hydrogen-bond acceptors (Lipinski definition) is 8.